The average Bonchev–Trinajstić information content (AvgIpc) is 2.95. The van der Waals surface area contributed by atoms with Crippen molar-refractivity contribution in [2.45, 2.75) is 18.9 Å². The zero-order valence-corrected chi connectivity index (χ0v) is 21.6. The van der Waals surface area contributed by atoms with E-state index in [0.29, 0.717) is 30.2 Å². The second kappa shape index (κ2) is 13.3. The van der Waals surface area contributed by atoms with E-state index >= 15 is 0 Å². The molecule has 3 N–H and O–H groups in total. The molecule has 0 aromatic heterocycles. The number of hydrogen-bond acceptors (Lipinski definition) is 5. The number of nitrogens with zero attached hydrogens (tertiary/aromatic N) is 1. The molecule has 0 spiro atoms. The molecule has 0 bridgehead atoms. The van der Waals surface area contributed by atoms with Crippen molar-refractivity contribution in [1.29, 1.82) is 0 Å². The number of carbonyl (C=O) groups is 1. The number of methoxy groups -OCH3 is 1. The monoisotopic (exact) mass is 510 g/mol. The Labute approximate surface area is 224 Å². The van der Waals surface area contributed by atoms with Crippen LogP contribution in [-0.4, -0.2) is 42.7 Å². The first kappa shape index (κ1) is 26.8. The molecule has 38 heavy (non-hydrogen) atoms. The Morgan fingerprint density at radius 3 is 2.21 bits per heavy atom. The summed E-state index contributed by atoms with van der Waals surface area (Å²) in [6, 6.07) is 33.5. The lowest BCUT2D eigenvalue weighted by molar-refractivity contribution is 0.0999. The third-order valence-electron chi connectivity index (χ3n) is 6.50. The summed E-state index contributed by atoms with van der Waals surface area (Å²) < 4.78 is 11.3. The number of phenolic OH excluding ortho intramolecular Hbond substituents is 1. The molecule has 4 rings (SSSR count). The van der Waals surface area contributed by atoms with Gasteiger partial charge < -0.3 is 20.3 Å². The van der Waals surface area contributed by atoms with Gasteiger partial charge in [0.25, 0.3) is 0 Å². The maximum atomic E-state index is 11.5. The van der Waals surface area contributed by atoms with Crippen molar-refractivity contribution in [3.05, 3.63) is 125 Å². The van der Waals surface area contributed by atoms with E-state index in [4.69, 9.17) is 15.2 Å². The van der Waals surface area contributed by atoms with Crippen LogP contribution >= 0.6 is 0 Å². The van der Waals surface area contributed by atoms with E-state index in [0.717, 1.165) is 25.1 Å². The molecule has 0 radical (unpaired) electrons. The summed E-state index contributed by atoms with van der Waals surface area (Å²) in [6.45, 7) is 2.77. The summed E-state index contributed by atoms with van der Waals surface area (Å²) in [4.78, 5) is 13.9. The van der Waals surface area contributed by atoms with Crippen LogP contribution in [0, 0.1) is 0 Å². The van der Waals surface area contributed by atoms with Crippen molar-refractivity contribution in [2.75, 3.05) is 26.8 Å². The van der Waals surface area contributed by atoms with Crippen LogP contribution in [0.15, 0.2) is 103 Å². The van der Waals surface area contributed by atoms with Gasteiger partial charge >= 0.3 is 0 Å². The summed E-state index contributed by atoms with van der Waals surface area (Å²) in [6.07, 6.45) is 0.784. The number of amides is 1. The normalized spacial score (nSPS) is 11.0. The number of carbonyl (C=O) groups excluding carboxylic acids is 1. The van der Waals surface area contributed by atoms with Crippen molar-refractivity contribution in [3.63, 3.8) is 0 Å². The molecule has 0 saturated carbocycles. The highest BCUT2D eigenvalue weighted by Gasteiger charge is 2.19. The standard InChI is InChI=1S/C32H34N2O4/c1-37-31-20-24(16-17-30(31)35)22-34(18-9-19-38-28-15-8-14-27(21-28)32(33)36)23-29(25-10-4-2-5-11-25)26-12-6-3-7-13-26/h2-8,10-17,20-21,29,35H,9,18-19,22-23H2,1H3,(H2,33,36). The van der Waals surface area contributed by atoms with Crippen LogP contribution in [0.3, 0.4) is 0 Å². The van der Waals surface area contributed by atoms with E-state index in [-0.39, 0.29) is 11.7 Å². The van der Waals surface area contributed by atoms with Gasteiger partial charge in [0.15, 0.2) is 11.5 Å². The number of nitrogens with two attached hydrogens (primary N) is 1. The SMILES string of the molecule is COc1cc(CN(CCCOc2cccc(C(N)=O)c2)CC(c2ccccc2)c2ccccc2)ccc1O. The van der Waals surface area contributed by atoms with E-state index in [2.05, 4.69) is 53.4 Å². The molecule has 4 aromatic carbocycles. The third-order valence-corrected chi connectivity index (χ3v) is 6.50. The fourth-order valence-corrected chi connectivity index (χ4v) is 4.56. The highest BCUT2D eigenvalue weighted by molar-refractivity contribution is 5.93. The molecule has 0 heterocycles. The first-order valence-corrected chi connectivity index (χ1v) is 12.7. The number of phenols is 1. The Balaban J connectivity index is 1.51. The molecule has 0 unspecified atom stereocenters. The second-order valence-electron chi connectivity index (χ2n) is 9.21. The fraction of sp³-hybridized carbons (Fsp3) is 0.219. The maximum absolute atomic E-state index is 11.5. The molecule has 6 heteroatoms. The minimum atomic E-state index is -0.473. The van der Waals surface area contributed by atoms with E-state index in [9.17, 15) is 9.90 Å². The number of primary amides is 1. The van der Waals surface area contributed by atoms with Gasteiger partial charge in [-0.15, -0.1) is 0 Å². The number of hydrogen-bond donors (Lipinski definition) is 2. The van der Waals surface area contributed by atoms with E-state index in [1.807, 2.05) is 30.3 Å². The summed E-state index contributed by atoms with van der Waals surface area (Å²) in [5.41, 5.74) is 9.39. The summed E-state index contributed by atoms with van der Waals surface area (Å²) in [5, 5.41) is 10.1. The minimum absolute atomic E-state index is 0.126. The first-order valence-electron chi connectivity index (χ1n) is 12.7. The highest BCUT2D eigenvalue weighted by atomic mass is 16.5. The zero-order chi connectivity index (χ0) is 26.7. The second-order valence-corrected chi connectivity index (χ2v) is 9.21. The van der Waals surface area contributed by atoms with Crippen LogP contribution in [0.2, 0.25) is 0 Å². The van der Waals surface area contributed by atoms with Gasteiger partial charge in [0.1, 0.15) is 5.75 Å². The van der Waals surface area contributed by atoms with Gasteiger partial charge in [-0.2, -0.15) is 0 Å². The van der Waals surface area contributed by atoms with E-state index in [1.165, 1.54) is 11.1 Å². The molecule has 196 valence electrons. The molecular weight excluding hydrogens is 476 g/mol. The lowest BCUT2D eigenvalue weighted by Gasteiger charge is -2.29. The largest absolute Gasteiger partial charge is 0.504 e. The average molecular weight is 511 g/mol. The third kappa shape index (κ3) is 7.37. The van der Waals surface area contributed by atoms with Crippen molar-refractivity contribution in [3.8, 4) is 17.2 Å². The van der Waals surface area contributed by atoms with Gasteiger partial charge in [-0.25, -0.2) is 0 Å². The van der Waals surface area contributed by atoms with E-state index < -0.39 is 5.91 Å². The molecule has 0 aliphatic carbocycles. The van der Waals surface area contributed by atoms with Gasteiger partial charge in [-0.05, 0) is 53.4 Å². The topological polar surface area (TPSA) is 85.0 Å². The number of benzene rings is 4. The van der Waals surface area contributed by atoms with Gasteiger partial charge in [0.05, 0.1) is 13.7 Å². The number of aromatic hydroxyl groups is 1. The Morgan fingerprint density at radius 2 is 1.58 bits per heavy atom. The molecule has 4 aromatic rings. The van der Waals surface area contributed by atoms with Crippen LogP contribution in [0.25, 0.3) is 0 Å². The molecule has 1 amide bonds. The lowest BCUT2D eigenvalue weighted by atomic mass is 9.90. The predicted molar refractivity (Wildman–Crippen MR) is 150 cm³/mol. The van der Waals surface area contributed by atoms with Crippen molar-refractivity contribution in [1.82, 2.24) is 4.90 Å². The maximum Gasteiger partial charge on any atom is 0.248 e. The lowest BCUT2D eigenvalue weighted by Crippen LogP contribution is -2.30. The predicted octanol–water partition coefficient (Wildman–Crippen LogP) is 5.60. The highest BCUT2D eigenvalue weighted by Crippen LogP contribution is 2.29. The van der Waals surface area contributed by atoms with Crippen molar-refractivity contribution < 1.29 is 19.4 Å². The van der Waals surface area contributed by atoms with Crippen LogP contribution in [-0.2, 0) is 6.54 Å². The molecule has 0 saturated heterocycles. The Kier molecular flexibility index (Phi) is 9.37. The Morgan fingerprint density at radius 1 is 0.895 bits per heavy atom. The van der Waals surface area contributed by atoms with Crippen LogP contribution in [0.1, 0.15) is 39.4 Å². The molecule has 0 aliphatic heterocycles. The molecule has 0 fully saturated rings. The minimum Gasteiger partial charge on any atom is -0.504 e. The molecular formula is C32H34N2O4. The smallest absolute Gasteiger partial charge is 0.248 e. The zero-order valence-electron chi connectivity index (χ0n) is 21.6. The van der Waals surface area contributed by atoms with Crippen molar-refractivity contribution >= 4 is 5.91 Å². The number of ether oxygens (including phenoxy) is 2. The van der Waals surface area contributed by atoms with Gasteiger partial charge in [-0.1, -0.05) is 72.8 Å². The summed E-state index contributed by atoms with van der Waals surface area (Å²) in [7, 11) is 1.56. The quantitative estimate of drug-likeness (QED) is 0.229. The van der Waals surface area contributed by atoms with E-state index in [1.54, 1.807) is 31.4 Å². The van der Waals surface area contributed by atoms with Gasteiger partial charge in [0.2, 0.25) is 5.91 Å². The molecule has 0 atom stereocenters. The Hall–Kier alpha value is -4.29. The van der Waals surface area contributed by atoms with Gasteiger partial charge in [0, 0.05) is 31.1 Å². The van der Waals surface area contributed by atoms with Crippen LogP contribution < -0.4 is 15.2 Å². The summed E-state index contributed by atoms with van der Waals surface area (Å²) in [5.74, 6) is 0.926. The Bertz CT molecular complexity index is 1270. The van der Waals surface area contributed by atoms with Crippen molar-refractivity contribution in [2.24, 2.45) is 5.73 Å². The first-order chi connectivity index (χ1) is 18.5. The molecule has 6 nitrogen and oxygen atoms in total. The van der Waals surface area contributed by atoms with Crippen LogP contribution in [0.5, 0.6) is 17.2 Å². The summed E-state index contributed by atoms with van der Waals surface area (Å²) >= 11 is 0. The molecule has 0 aliphatic rings. The fourth-order valence-electron chi connectivity index (χ4n) is 4.56. The van der Waals surface area contributed by atoms with Crippen LogP contribution in [0.4, 0.5) is 0 Å². The number of rotatable bonds is 13. The van der Waals surface area contributed by atoms with Gasteiger partial charge in [-0.3, -0.25) is 9.69 Å².